The van der Waals surface area contributed by atoms with Crippen LogP contribution in [0.1, 0.15) is 19.4 Å². The molecule has 0 radical (unpaired) electrons. The number of sulfonamides is 1. The van der Waals surface area contributed by atoms with Gasteiger partial charge in [-0.25, -0.2) is 0 Å². The molecule has 0 aromatic heterocycles. The minimum Gasteiger partial charge on any atom is -0.292 e. The molecule has 0 spiro atoms. The summed E-state index contributed by atoms with van der Waals surface area (Å²) >= 11 is 18.4. The van der Waals surface area contributed by atoms with Gasteiger partial charge < -0.3 is 0 Å². The van der Waals surface area contributed by atoms with Gasteiger partial charge in [0.15, 0.2) is 5.78 Å². The van der Waals surface area contributed by atoms with E-state index in [1.165, 1.54) is 26.0 Å². The number of benzene rings is 1. The van der Waals surface area contributed by atoms with E-state index in [-0.39, 0.29) is 21.2 Å². The fourth-order valence-corrected chi connectivity index (χ4v) is 4.06. The van der Waals surface area contributed by atoms with Crippen molar-refractivity contribution in [3.05, 3.63) is 40.4 Å². The lowest BCUT2D eigenvalue weighted by Crippen LogP contribution is -2.48. The molecule has 8 heteroatoms. The molecule has 0 saturated heterocycles. The minimum atomic E-state index is -4.02. The van der Waals surface area contributed by atoms with E-state index in [0.29, 0.717) is 0 Å². The van der Waals surface area contributed by atoms with Gasteiger partial charge in [-0.2, -0.15) is 12.8 Å². The van der Waals surface area contributed by atoms with Gasteiger partial charge in [-0.1, -0.05) is 29.3 Å². The summed E-state index contributed by atoms with van der Waals surface area (Å²) in [4.78, 5) is 10.6. The zero-order valence-corrected chi connectivity index (χ0v) is 15.7. The van der Waals surface area contributed by atoms with Crippen LogP contribution in [0, 0.1) is 6.92 Å². The van der Waals surface area contributed by atoms with Crippen molar-refractivity contribution in [1.29, 1.82) is 0 Å². The summed E-state index contributed by atoms with van der Waals surface area (Å²) in [5.74, 6) is -0.448. The SMILES string of the molecule is CC1=C(Cl)C(=NS(=O)(=O)c2ccc(C)cc2)[C@H](Cl)[C@](C)(Cl)C1=O. The minimum absolute atomic E-state index is 0.00904. The molecule has 0 aliphatic heterocycles. The Labute approximate surface area is 150 Å². The molecule has 1 aliphatic rings. The molecule has 1 aliphatic carbocycles. The smallest absolute Gasteiger partial charge is 0.282 e. The summed E-state index contributed by atoms with van der Waals surface area (Å²) in [6.45, 7) is 4.71. The first-order valence-electron chi connectivity index (χ1n) is 6.64. The van der Waals surface area contributed by atoms with E-state index in [9.17, 15) is 13.2 Å². The summed E-state index contributed by atoms with van der Waals surface area (Å²) in [6.07, 6.45) is 0. The lowest BCUT2D eigenvalue weighted by Gasteiger charge is -2.32. The van der Waals surface area contributed by atoms with Crippen molar-refractivity contribution < 1.29 is 13.2 Å². The van der Waals surface area contributed by atoms with Crippen LogP contribution in [-0.4, -0.2) is 30.2 Å². The molecule has 2 atom stereocenters. The van der Waals surface area contributed by atoms with Crippen LogP contribution in [0.4, 0.5) is 0 Å². The summed E-state index contributed by atoms with van der Waals surface area (Å²) in [5.41, 5.74) is 0.930. The van der Waals surface area contributed by atoms with Crippen molar-refractivity contribution >= 4 is 56.3 Å². The lowest BCUT2D eigenvalue weighted by molar-refractivity contribution is -0.117. The number of ketones is 1. The Morgan fingerprint density at radius 2 is 1.70 bits per heavy atom. The van der Waals surface area contributed by atoms with Crippen LogP contribution in [0.5, 0.6) is 0 Å². The van der Waals surface area contributed by atoms with Crippen molar-refractivity contribution in [2.45, 2.75) is 35.9 Å². The van der Waals surface area contributed by atoms with E-state index in [1.807, 2.05) is 6.92 Å². The van der Waals surface area contributed by atoms with Crippen molar-refractivity contribution in [2.24, 2.45) is 4.40 Å². The fraction of sp³-hybridized carbons (Fsp3) is 0.333. The maximum atomic E-state index is 12.4. The van der Waals surface area contributed by atoms with E-state index < -0.39 is 26.1 Å². The number of allylic oxidation sites excluding steroid dienone is 2. The van der Waals surface area contributed by atoms with Gasteiger partial charge in [-0.05, 0) is 32.9 Å². The molecule has 0 N–H and O–H groups in total. The molecule has 0 fully saturated rings. The van der Waals surface area contributed by atoms with Crippen molar-refractivity contribution in [1.82, 2.24) is 0 Å². The fourth-order valence-electron chi connectivity index (χ4n) is 2.12. The Morgan fingerprint density at radius 1 is 1.17 bits per heavy atom. The van der Waals surface area contributed by atoms with Gasteiger partial charge in [-0.15, -0.1) is 23.2 Å². The first-order valence-corrected chi connectivity index (χ1v) is 9.28. The van der Waals surface area contributed by atoms with Gasteiger partial charge in [0, 0.05) is 5.57 Å². The Morgan fingerprint density at radius 3 is 2.22 bits per heavy atom. The molecular weight excluding hydrogens is 381 g/mol. The summed E-state index contributed by atoms with van der Waals surface area (Å²) in [5, 5.41) is -1.24. The third-order valence-electron chi connectivity index (χ3n) is 3.59. The highest BCUT2D eigenvalue weighted by Crippen LogP contribution is 2.38. The zero-order valence-electron chi connectivity index (χ0n) is 12.6. The monoisotopic (exact) mass is 393 g/mol. The zero-order chi connectivity index (χ0) is 17.6. The molecule has 2 rings (SSSR count). The molecule has 0 saturated carbocycles. The van der Waals surface area contributed by atoms with Crippen LogP contribution >= 0.6 is 34.8 Å². The number of hydrogen-bond donors (Lipinski definition) is 0. The first kappa shape index (κ1) is 18.5. The summed E-state index contributed by atoms with van der Waals surface area (Å²) < 4.78 is 28.6. The molecule has 0 heterocycles. The van der Waals surface area contributed by atoms with Crippen molar-refractivity contribution in [2.75, 3.05) is 0 Å². The van der Waals surface area contributed by atoms with Gasteiger partial charge in [0.2, 0.25) is 0 Å². The Kier molecular flexibility index (Phi) is 4.98. The number of alkyl halides is 2. The molecule has 23 heavy (non-hydrogen) atoms. The molecular formula is C15H14Cl3NO3S. The second-order valence-corrected chi connectivity index (χ2v) is 8.67. The van der Waals surface area contributed by atoms with Crippen LogP contribution in [0.2, 0.25) is 0 Å². The van der Waals surface area contributed by atoms with Crippen molar-refractivity contribution in [3.63, 3.8) is 0 Å². The first-order chi connectivity index (χ1) is 10.5. The summed E-state index contributed by atoms with van der Waals surface area (Å²) in [6, 6.07) is 6.20. The highest BCUT2D eigenvalue weighted by atomic mass is 35.5. The van der Waals surface area contributed by atoms with Crippen LogP contribution in [0.15, 0.2) is 44.2 Å². The molecule has 1 aromatic rings. The quantitative estimate of drug-likeness (QED) is 0.716. The number of rotatable bonds is 2. The number of nitrogens with zero attached hydrogens (tertiary/aromatic N) is 1. The van der Waals surface area contributed by atoms with Crippen LogP contribution in [0.25, 0.3) is 0 Å². The Hall–Kier alpha value is -0.880. The number of Topliss-reactive ketones (excluding diaryl/α,β-unsaturated/α-hetero) is 1. The average Bonchev–Trinajstić information content (AvgIpc) is 2.49. The second kappa shape index (κ2) is 6.20. The topological polar surface area (TPSA) is 63.6 Å². The molecule has 0 unspecified atom stereocenters. The maximum absolute atomic E-state index is 12.4. The highest BCUT2D eigenvalue weighted by Gasteiger charge is 2.48. The van der Waals surface area contributed by atoms with Crippen molar-refractivity contribution in [3.8, 4) is 0 Å². The number of hydrogen-bond acceptors (Lipinski definition) is 3. The summed E-state index contributed by atoms with van der Waals surface area (Å²) in [7, 11) is -4.02. The Bertz CT molecular complexity index is 824. The van der Waals surface area contributed by atoms with Crippen LogP contribution < -0.4 is 0 Å². The van der Waals surface area contributed by atoms with E-state index in [1.54, 1.807) is 12.1 Å². The van der Waals surface area contributed by atoms with Gasteiger partial charge in [-0.3, -0.25) is 4.79 Å². The van der Waals surface area contributed by atoms with Gasteiger partial charge in [0.1, 0.15) is 10.3 Å². The van der Waals surface area contributed by atoms with E-state index in [0.717, 1.165) is 5.56 Å². The molecule has 0 bridgehead atoms. The maximum Gasteiger partial charge on any atom is 0.282 e. The number of halogens is 3. The lowest BCUT2D eigenvalue weighted by atomic mass is 9.87. The van der Waals surface area contributed by atoms with Crippen LogP contribution in [0.3, 0.4) is 0 Å². The average molecular weight is 395 g/mol. The van der Waals surface area contributed by atoms with Crippen LogP contribution in [-0.2, 0) is 14.8 Å². The standard InChI is InChI=1S/C15H14Cl3NO3S/c1-8-4-6-10(7-5-8)23(21,22)19-12-11(16)9(2)14(20)15(3,18)13(12)17/h4-7,13H,1-3H3/t13-,15-/m0/s1. The third-order valence-corrected chi connectivity index (χ3v) is 6.52. The molecule has 124 valence electrons. The highest BCUT2D eigenvalue weighted by molar-refractivity contribution is 7.90. The van der Waals surface area contributed by atoms with Gasteiger partial charge >= 0.3 is 0 Å². The van der Waals surface area contributed by atoms with E-state index >= 15 is 0 Å². The normalized spacial score (nSPS) is 27.7. The predicted octanol–water partition coefficient (Wildman–Crippen LogP) is 3.83. The largest absolute Gasteiger partial charge is 0.292 e. The van der Waals surface area contributed by atoms with E-state index in [4.69, 9.17) is 34.8 Å². The van der Waals surface area contributed by atoms with Gasteiger partial charge in [0.05, 0.1) is 15.6 Å². The number of carbonyl (C=O) groups is 1. The van der Waals surface area contributed by atoms with Gasteiger partial charge in [0.25, 0.3) is 10.0 Å². The predicted molar refractivity (Wildman–Crippen MR) is 93.3 cm³/mol. The Balaban J connectivity index is 2.61. The van der Waals surface area contributed by atoms with E-state index in [2.05, 4.69) is 4.40 Å². The number of carbonyl (C=O) groups excluding carboxylic acids is 1. The second-order valence-electron chi connectivity index (χ2n) is 5.47. The molecule has 1 aromatic carbocycles. The number of aryl methyl sites for hydroxylation is 1. The molecule has 0 amide bonds. The molecule has 4 nitrogen and oxygen atoms in total. The third kappa shape index (κ3) is 3.33.